The second-order valence-corrected chi connectivity index (χ2v) is 3.40. The lowest BCUT2D eigenvalue weighted by Crippen LogP contribution is -2.21. The average molecular weight is 205 g/mol. The zero-order chi connectivity index (χ0) is 11.3. The van der Waals surface area contributed by atoms with Crippen molar-refractivity contribution >= 4 is 5.78 Å². The molecule has 0 amide bonds. The van der Waals surface area contributed by atoms with Crippen LogP contribution in [0.4, 0.5) is 0 Å². The first kappa shape index (κ1) is 11.5. The number of carbonyl (C=O) groups excluding carboxylic acids is 1. The number of benzene rings is 1. The number of allylic oxidation sites excluding steroid dienone is 1. The summed E-state index contributed by atoms with van der Waals surface area (Å²) in [4.78, 5) is 16.6. The van der Waals surface area contributed by atoms with Gasteiger partial charge in [0.15, 0.2) is 11.9 Å². The van der Waals surface area contributed by atoms with Gasteiger partial charge in [-0.05, 0) is 19.4 Å². The molecule has 3 heteroatoms. The molecule has 0 spiro atoms. The topological polar surface area (TPSA) is 38.3 Å². The Bertz CT molecular complexity index is 346. The SMILES string of the molecule is C=C(C)NOC(C(C)=O)c1ccccc1. The molecule has 1 rings (SSSR count). The van der Waals surface area contributed by atoms with Crippen molar-refractivity contribution < 1.29 is 9.63 Å². The number of carbonyl (C=O) groups is 1. The number of rotatable bonds is 5. The molecule has 0 aliphatic carbocycles. The molecule has 3 nitrogen and oxygen atoms in total. The molecule has 1 atom stereocenters. The third-order valence-electron chi connectivity index (χ3n) is 1.82. The third-order valence-corrected chi connectivity index (χ3v) is 1.82. The van der Waals surface area contributed by atoms with E-state index in [0.29, 0.717) is 5.70 Å². The van der Waals surface area contributed by atoms with E-state index in [1.54, 1.807) is 6.92 Å². The summed E-state index contributed by atoms with van der Waals surface area (Å²) in [5.74, 6) is -0.0463. The Morgan fingerprint density at radius 2 is 1.93 bits per heavy atom. The molecule has 0 aliphatic heterocycles. The van der Waals surface area contributed by atoms with Crippen molar-refractivity contribution in [3.8, 4) is 0 Å². The first-order chi connectivity index (χ1) is 7.11. The monoisotopic (exact) mass is 205 g/mol. The highest BCUT2D eigenvalue weighted by Gasteiger charge is 2.17. The van der Waals surface area contributed by atoms with Crippen molar-refractivity contribution in [2.45, 2.75) is 20.0 Å². The van der Waals surface area contributed by atoms with Gasteiger partial charge in [0, 0.05) is 5.70 Å². The molecule has 0 radical (unpaired) electrons. The summed E-state index contributed by atoms with van der Waals surface area (Å²) in [6.45, 7) is 6.90. The predicted molar refractivity (Wildman–Crippen MR) is 58.9 cm³/mol. The minimum Gasteiger partial charge on any atom is -0.297 e. The van der Waals surface area contributed by atoms with Gasteiger partial charge in [0.1, 0.15) is 0 Å². The first-order valence-corrected chi connectivity index (χ1v) is 4.74. The molecule has 80 valence electrons. The Kier molecular flexibility index (Phi) is 4.06. The van der Waals surface area contributed by atoms with E-state index in [1.807, 2.05) is 30.3 Å². The maximum absolute atomic E-state index is 11.4. The van der Waals surface area contributed by atoms with Gasteiger partial charge in [-0.2, -0.15) is 0 Å². The van der Waals surface area contributed by atoms with Crippen LogP contribution in [0.15, 0.2) is 42.6 Å². The van der Waals surface area contributed by atoms with Gasteiger partial charge in [-0.25, -0.2) is 0 Å². The standard InChI is InChI=1S/C12H15NO2/c1-9(2)13-15-12(10(3)14)11-7-5-4-6-8-11/h4-8,12-13H,1H2,2-3H3. The zero-order valence-electron chi connectivity index (χ0n) is 8.99. The number of ketones is 1. The number of hydrogen-bond donors (Lipinski definition) is 1. The van der Waals surface area contributed by atoms with Gasteiger partial charge >= 0.3 is 0 Å². The Morgan fingerprint density at radius 3 is 2.40 bits per heavy atom. The summed E-state index contributed by atoms with van der Waals surface area (Å²) in [5.41, 5.74) is 4.11. The van der Waals surface area contributed by atoms with E-state index in [0.717, 1.165) is 5.56 Å². The van der Waals surface area contributed by atoms with Crippen molar-refractivity contribution in [1.82, 2.24) is 5.48 Å². The van der Waals surface area contributed by atoms with Crippen molar-refractivity contribution in [1.29, 1.82) is 0 Å². The van der Waals surface area contributed by atoms with Crippen LogP contribution in [0.3, 0.4) is 0 Å². The molecule has 1 N–H and O–H groups in total. The van der Waals surface area contributed by atoms with E-state index in [-0.39, 0.29) is 5.78 Å². The highest BCUT2D eigenvalue weighted by molar-refractivity contribution is 5.81. The first-order valence-electron chi connectivity index (χ1n) is 4.74. The molecule has 0 fully saturated rings. The lowest BCUT2D eigenvalue weighted by Gasteiger charge is -2.15. The number of hydrogen-bond acceptors (Lipinski definition) is 3. The quantitative estimate of drug-likeness (QED) is 0.750. The van der Waals surface area contributed by atoms with Crippen LogP contribution in [-0.4, -0.2) is 5.78 Å². The Labute approximate surface area is 89.7 Å². The van der Waals surface area contributed by atoms with Crippen molar-refractivity contribution in [3.63, 3.8) is 0 Å². The molecule has 0 saturated carbocycles. The van der Waals surface area contributed by atoms with Crippen molar-refractivity contribution in [3.05, 3.63) is 48.2 Å². The van der Waals surface area contributed by atoms with Crippen LogP contribution in [0.1, 0.15) is 25.5 Å². The maximum atomic E-state index is 11.4. The van der Waals surface area contributed by atoms with Gasteiger partial charge in [-0.3, -0.25) is 15.1 Å². The predicted octanol–water partition coefficient (Wildman–Crippen LogP) is 2.37. The smallest absolute Gasteiger partial charge is 0.168 e. The van der Waals surface area contributed by atoms with Gasteiger partial charge in [0.2, 0.25) is 0 Å². The van der Waals surface area contributed by atoms with Crippen LogP contribution in [0.5, 0.6) is 0 Å². The fourth-order valence-corrected chi connectivity index (χ4v) is 1.17. The highest BCUT2D eigenvalue weighted by atomic mass is 16.7. The molecule has 0 heterocycles. The van der Waals surface area contributed by atoms with Crippen molar-refractivity contribution in [2.24, 2.45) is 0 Å². The number of nitrogens with one attached hydrogen (secondary N) is 1. The van der Waals surface area contributed by atoms with E-state index in [2.05, 4.69) is 12.1 Å². The van der Waals surface area contributed by atoms with Crippen LogP contribution in [0.2, 0.25) is 0 Å². The molecule has 0 aromatic heterocycles. The van der Waals surface area contributed by atoms with E-state index in [4.69, 9.17) is 4.84 Å². The molecular weight excluding hydrogens is 190 g/mol. The van der Waals surface area contributed by atoms with E-state index in [1.165, 1.54) is 6.92 Å². The molecule has 15 heavy (non-hydrogen) atoms. The van der Waals surface area contributed by atoms with E-state index >= 15 is 0 Å². The van der Waals surface area contributed by atoms with Gasteiger partial charge in [0.25, 0.3) is 0 Å². The summed E-state index contributed by atoms with van der Waals surface area (Å²) in [5, 5.41) is 0. The second kappa shape index (κ2) is 5.32. The second-order valence-electron chi connectivity index (χ2n) is 3.40. The molecule has 1 aromatic rings. The minimum absolute atomic E-state index is 0.0463. The van der Waals surface area contributed by atoms with Crippen LogP contribution >= 0.6 is 0 Å². The lowest BCUT2D eigenvalue weighted by molar-refractivity contribution is -0.133. The third kappa shape index (κ3) is 3.56. The Morgan fingerprint density at radius 1 is 1.33 bits per heavy atom. The highest BCUT2D eigenvalue weighted by Crippen LogP contribution is 2.16. The summed E-state index contributed by atoms with van der Waals surface area (Å²) in [7, 11) is 0. The maximum Gasteiger partial charge on any atom is 0.168 e. The Hall–Kier alpha value is -1.61. The largest absolute Gasteiger partial charge is 0.297 e. The number of hydroxylamine groups is 1. The fraction of sp³-hybridized carbons (Fsp3) is 0.250. The van der Waals surface area contributed by atoms with Crippen molar-refractivity contribution in [2.75, 3.05) is 0 Å². The molecule has 0 saturated heterocycles. The van der Waals surface area contributed by atoms with Crippen LogP contribution < -0.4 is 5.48 Å². The molecule has 1 aromatic carbocycles. The normalized spacial score (nSPS) is 11.9. The van der Waals surface area contributed by atoms with Crippen LogP contribution in [0.25, 0.3) is 0 Å². The number of Topliss-reactive ketones (excluding diaryl/α,β-unsaturated/α-hetero) is 1. The summed E-state index contributed by atoms with van der Waals surface area (Å²) < 4.78 is 0. The van der Waals surface area contributed by atoms with E-state index < -0.39 is 6.10 Å². The van der Waals surface area contributed by atoms with Gasteiger partial charge in [-0.1, -0.05) is 36.9 Å². The summed E-state index contributed by atoms with van der Waals surface area (Å²) >= 11 is 0. The Balaban J connectivity index is 2.75. The molecule has 0 bridgehead atoms. The molecule has 1 unspecified atom stereocenters. The minimum atomic E-state index is -0.581. The van der Waals surface area contributed by atoms with Crippen LogP contribution in [-0.2, 0) is 9.63 Å². The summed E-state index contributed by atoms with van der Waals surface area (Å²) in [6.07, 6.45) is -0.581. The average Bonchev–Trinajstić information content (AvgIpc) is 2.18. The van der Waals surface area contributed by atoms with Crippen LogP contribution in [0, 0.1) is 0 Å². The zero-order valence-corrected chi connectivity index (χ0v) is 8.99. The summed E-state index contributed by atoms with van der Waals surface area (Å²) in [6, 6.07) is 9.34. The van der Waals surface area contributed by atoms with E-state index in [9.17, 15) is 4.79 Å². The van der Waals surface area contributed by atoms with Gasteiger partial charge in [-0.15, -0.1) is 0 Å². The lowest BCUT2D eigenvalue weighted by atomic mass is 10.1. The molecular formula is C12H15NO2. The van der Waals surface area contributed by atoms with Gasteiger partial charge < -0.3 is 0 Å². The van der Waals surface area contributed by atoms with Gasteiger partial charge in [0.05, 0.1) is 0 Å². The fourth-order valence-electron chi connectivity index (χ4n) is 1.17. The molecule has 0 aliphatic rings.